The summed E-state index contributed by atoms with van der Waals surface area (Å²) in [6, 6.07) is 5.44. The lowest BCUT2D eigenvalue weighted by molar-refractivity contribution is 0.199. The highest BCUT2D eigenvalue weighted by atomic mass is 19.1. The lowest BCUT2D eigenvalue weighted by Crippen LogP contribution is -2.38. The monoisotopic (exact) mass is 266 g/mol. The Bertz CT molecular complexity index is 434. The average molecular weight is 266 g/mol. The number of nitrogens with zero attached hydrogens (tertiary/aromatic N) is 2. The number of likely N-dealkylation sites (N-methyl/N-ethyl adjacent to an activating group) is 1. The summed E-state index contributed by atoms with van der Waals surface area (Å²) in [5.74, 6) is -0.232. The van der Waals surface area contributed by atoms with Crippen LogP contribution in [0.15, 0.2) is 18.2 Å². The van der Waals surface area contributed by atoms with Crippen LogP contribution < -0.4 is 4.90 Å². The van der Waals surface area contributed by atoms with E-state index >= 15 is 0 Å². The van der Waals surface area contributed by atoms with Gasteiger partial charge < -0.3 is 14.9 Å². The van der Waals surface area contributed by atoms with E-state index in [0.717, 1.165) is 25.9 Å². The van der Waals surface area contributed by atoms with Gasteiger partial charge in [-0.2, -0.15) is 0 Å². The van der Waals surface area contributed by atoms with Gasteiger partial charge in [0, 0.05) is 19.1 Å². The van der Waals surface area contributed by atoms with Crippen molar-refractivity contribution in [2.45, 2.75) is 31.9 Å². The average Bonchev–Trinajstić information content (AvgIpc) is 2.75. The first-order valence-electron chi connectivity index (χ1n) is 6.88. The molecule has 1 fully saturated rings. The van der Waals surface area contributed by atoms with Crippen LogP contribution in [0.2, 0.25) is 0 Å². The summed E-state index contributed by atoms with van der Waals surface area (Å²) < 4.78 is 14.2. The largest absolute Gasteiger partial charge is 0.389 e. The number of rotatable bonds is 4. The van der Waals surface area contributed by atoms with E-state index in [1.807, 2.05) is 20.2 Å². The summed E-state index contributed by atoms with van der Waals surface area (Å²) in [4.78, 5) is 4.30. The van der Waals surface area contributed by atoms with Crippen LogP contribution in [-0.2, 0) is 0 Å². The molecule has 1 saturated heterocycles. The van der Waals surface area contributed by atoms with Crippen molar-refractivity contribution in [3.8, 4) is 0 Å². The van der Waals surface area contributed by atoms with Crippen molar-refractivity contribution in [3.63, 3.8) is 0 Å². The minimum absolute atomic E-state index is 0.232. The van der Waals surface area contributed by atoms with Crippen LogP contribution in [0.3, 0.4) is 0 Å². The Labute approximate surface area is 114 Å². The Morgan fingerprint density at radius 2 is 2.21 bits per heavy atom. The summed E-state index contributed by atoms with van der Waals surface area (Å²) >= 11 is 0. The second-order valence-corrected chi connectivity index (χ2v) is 5.64. The van der Waals surface area contributed by atoms with Gasteiger partial charge in [-0.05, 0) is 51.6 Å². The third kappa shape index (κ3) is 3.25. The van der Waals surface area contributed by atoms with Crippen LogP contribution in [0.1, 0.15) is 31.4 Å². The summed E-state index contributed by atoms with van der Waals surface area (Å²) in [5.41, 5.74) is 1.29. The summed E-state index contributed by atoms with van der Waals surface area (Å²) in [6.07, 6.45) is 1.59. The van der Waals surface area contributed by atoms with E-state index in [1.165, 1.54) is 6.07 Å². The molecular weight excluding hydrogens is 243 g/mol. The van der Waals surface area contributed by atoms with Crippen LogP contribution in [0, 0.1) is 5.82 Å². The van der Waals surface area contributed by atoms with Crippen molar-refractivity contribution in [2.75, 3.05) is 32.1 Å². The topological polar surface area (TPSA) is 26.7 Å². The SMILES string of the molecule is C[C@@H](O)c1ccc(N2CCCC2CN(C)C)c(F)c1. The van der Waals surface area contributed by atoms with E-state index in [0.29, 0.717) is 17.3 Å². The van der Waals surface area contributed by atoms with Crippen molar-refractivity contribution < 1.29 is 9.50 Å². The maximum absolute atomic E-state index is 14.2. The van der Waals surface area contributed by atoms with Gasteiger partial charge in [0.05, 0.1) is 11.8 Å². The van der Waals surface area contributed by atoms with Crippen molar-refractivity contribution in [2.24, 2.45) is 0 Å². The third-order valence-corrected chi connectivity index (χ3v) is 3.72. The first-order valence-corrected chi connectivity index (χ1v) is 6.88. The quantitative estimate of drug-likeness (QED) is 0.906. The zero-order chi connectivity index (χ0) is 14.0. The highest BCUT2D eigenvalue weighted by molar-refractivity contribution is 5.51. The molecule has 2 rings (SSSR count). The van der Waals surface area contributed by atoms with E-state index in [2.05, 4.69) is 9.80 Å². The molecule has 1 N–H and O–H groups in total. The molecule has 0 bridgehead atoms. The maximum atomic E-state index is 14.2. The van der Waals surface area contributed by atoms with Crippen LogP contribution in [0.5, 0.6) is 0 Å². The summed E-state index contributed by atoms with van der Waals surface area (Å²) in [7, 11) is 4.09. The van der Waals surface area contributed by atoms with Crippen molar-refractivity contribution >= 4 is 5.69 Å². The smallest absolute Gasteiger partial charge is 0.146 e. The molecule has 0 saturated carbocycles. The van der Waals surface area contributed by atoms with Crippen LogP contribution in [0.25, 0.3) is 0 Å². The van der Waals surface area contributed by atoms with Gasteiger partial charge in [-0.1, -0.05) is 6.07 Å². The highest BCUT2D eigenvalue weighted by Gasteiger charge is 2.27. The first-order chi connectivity index (χ1) is 8.99. The molecule has 1 aliphatic heterocycles. The lowest BCUT2D eigenvalue weighted by Gasteiger charge is -2.29. The van der Waals surface area contributed by atoms with Crippen molar-refractivity contribution in [3.05, 3.63) is 29.6 Å². The van der Waals surface area contributed by atoms with Gasteiger partial charge >= 0.3 is 0 Å². The molecule has 0 aliphatic carbocycles. The number of hydrogen-bond donors (Lipinski definition) is 1. The molecular formula is C15H23FN2O. The van der Waals surface area contributed by atoms with Crippen LogP contribution in [-0.4, -0.2) is 43.2 Å². The Morgan fingerprint density at radius 3 is 2.79 bits per heavy atom. The fourth-order valence-corrected chi connectivity index (χ4v) is 2.78. The molecule has 1 aromatic rings. The van der Waals surface area contributed by atoms with Crippen molar-refractivity contribution in [1.29, 1.82) is 0 Å². The predicted molar refractivity (Wildman–Crippen MR) is 76.0 cm³/mol. The number of aliphatic hydroxyl groups is 1. The van der Waals surface area contributed by atoms with Gasteiger partial charge in [-0.3, -0.25) is 0 Å². The zero-order valence-corrected chi connectivity index (χ0v) is 11.9. The molecule has 1 unspecified atom stereocenters. The third-order valence-electron chi connectivity index (χ3n) is 3.72. The van der Waals surface area contributed by atoms with Crippen LogP contribution in [0.4, 0.5) is 10.1 Å². The summed E-state index contributed by atoms with van der Waals surface area (Å²) in [6.45, 7) is 3.50. The molecule has 19 heavy (non-hydrogen) atoms. The molecule has 1 heterocycles. The fourth-order valence-electron chi connectivity index (χ4n) is 2.78. The van der Waals surface area contributed by atoms with Crippen molar-refractivity contribution in [1.82, 2.24) is 4.90 Å². The van der Waals surface area contributed by atoms with E-state index < -0.39 is 6.10 Å². The molecule has 3 nitrogen and oxygen atoms in total. The van der Waals surface area contributed by atoms with E-state index in [9.17, 15) is 9.50 Å². The first kappa shape index (κ1) is 14.3. The van der Waals surface area contributed by atoms with Gasteiger partial charge in [-0.25, -0.2) is 4.39 Å². The normalized spacial score (nSPS) is 21.2. The fraction of sp³-hybridized carbons (Fsp3) is 0.600. The molecule has 0 spiro atoms. The van der Waals surface area contributed by atoms with Gasteiger partial charge in [0.25, 0.3) is 0 Å². The lowest BCUT2D eigenvalue weighted by atomic mass is 10.1. The predicted octanol–water partition coefficient (Wildman–Crippen LogP) is 2.41. The minimum Gasteiger partial charge on any atom is -0.389 e. The Kier molecular flexibility index (Phi) is 4.42. The van der Waals surface area contributed by atoms with Gasteiger partial charge in [0.15, 0.2) is 0 Å². The highest BCUT2D eigenvalue weighted by Crippen LogP contribution is 2.29. The number of hydrogen-bond acceptors (Lipinski definition) is 3. The van der Waals surface area contributed by atoms with Gasteiger partial charge in [0.1, 0.15) is 5.82 Å². The summed E-state index contributed by atoms with van der Waals surface area (Å²) in [5, 5.41) is 9.49. The Morgan fingerprint density at radius 1 is 1.47 bits per heavy atom. The molecule has 2 atom stereocenters. The number of benzene rings is 1. The Hall–Kier alpha value is -1.13. The molecule has 1 aromatic carbocycles. The number of anilines is 1. The molecule has 0 radical (unpaired) electrons. The standard InChI is InChI=1S/C15H23FN2O/c1-11(19)12-6-7-15(14(16)9-12)18-8-4-5-13(18)10-17(2)3/h6-7,9,11,13,19H,4-5,8,10H2,1-3H3/t11-,13?/m1/s1. The molecule has 0 amide bonds. The van der Waals surface area contributed by atoms with E-state index in [1.54, 1.807) is 13.0 Å². The minimum atomic E-state index is -0.625. The maximum Gasteiger partial charge on any atom is 0.146 e. The van der Waals surface area contributed by atoms with Gasteiger partial charge in [-0.15, -0.1) is 0 Å². The second kappa shape index (κ2) is 5.88. The van der Waals surface area contributed by atoms with E-state index in [4.69, 9.17) is 0 Å². The number of aliphatic hydroxyl groups excluding tert-OH is 1. The second-order valence-electron chi connectivity index (χ2n) is 5.64. The zero-order valence-electron chi connectivity index (χ0n) is 11.9. The molecule has 4 heteroatoms. The molecule has 106 valence electrons. The number of halogens is 1. The van der Waals surface area contributed by atoms with E-state index in [-0.39, 0.29) is 5.82 Å². The Balaban J connectivity index is 2.21. The van der Waals surface area contributed by atoms with Gasteiger partial charge in [0.2, 0.25) is 0 Å². The van der Waals surface area contributed by atoms with Crippen LogP contribution >= 0.6 is 0 Å². The molecule has 1 aliphatic rings. The molecule has 0 aromatic heterocycles.